The molecular weight excluding hydrogens is 480 g/mol. The van der Waals surface area contributed by atoms with Crippen LogP contribution in [0.4, 0.5) is 5.95 Å². The second-order valence-corrected chi connectivity index (χ2v) is 8.80. The lowest BCUT2D eigenvalue weighted by molar-refractivity contribution is -0.689. The number of anilines is 1. The van der Waals surface area contributed by atoms with E-state index >= 15 is 0 Å². The van der Waals surface area contributed by atoms with E-state index in [-0.39, 0.29) is 36.3 Å². The quantitative estimate of drug-likeness (QED) is 0.135. The Balaban J connectivity index is 1.52. The minimum Gasteiger partial charge on any atom is -0.477 e. The molecule has 0 unspecified atom stereocenters. The highest BCUT2D eigenvalue weighted by Gasteiger charge is 2.54. The van der Waals surface area contributed by atoms with Crippen molar-refractivity contribution in [3.63, 3.8) is 0 Å². The number of carbonyl (C=O) groups excluding carboxylic acids is 2. The van der Waals surface area contributed by atoms with Crippen LogP contribution < -0.4 is 15.6 Å². The fourth-order valence-corrected chi connectivity index (χ4v) is 5.04. The number of hydrogen-bond donors (Lipinski definition) is 4. The molecule has 1 fully saturated rings. The van der Waals surface area contributed by atoms with E-state index < -0.39 is 29.2 Å². The summed E-state index contributed by atoms with van der Waals surface area (Å²) >= 11 is 1.34. The van der Waals surface area contributed by atoms with Gasteiger partial charge in [0.1, 0.15) is 24.2 Å². The van der Waals surface area contributed by atoms with Crippen molar-refractivity contribution < 1.29 is 34.0 Å². The molecule has 184 valence electrons. The predicted molar refractivity (Wildman–Crippen MR) is 121 cm³/mol. The minimum absolute atomic E-state index is 0.0537. The largest absolute Gasteiger partial charge is 0.477 e. The van der Waals surface area contributed by atoms with Crippen LogP contribution in [0, 0.1) is 0 Å². The van der Waals surface area contributed by atoms with Gasteiger partial charge in [-0.1, -0.05) is 5.16 Å². The Kier molecular flexibility index (Phi) is 6.70. The van der Waals surface area contributed by atoms with Crippen molar-refractivity contribution in [3.8, 4) is 0 Å². The number of fused-ring (bicyclic) bond motifs is 1. The van der Waals surface area contributed by atoms with Crippen LogP contribution in [0.25, 0.3) is 0 Å². The molecule has 0 aliphatic carbocycles. The van der Waals surface area contributed by atoms with Gasteiger partial charge in [-0.2, -0.15) is 4.98 Å². The molecule has 2 aromatic rings. The Morgan fingerprint density at radius 2 is 2.11 bits per heavy atom. The summed E-state index contributed by atoms with van der Waals surface area (Å²) in [5, 5.41) is 28.7. The number of pyridine rings is 1. The summed E-state index contributed by atoms with van der Waals surface area (Å²) in [6.45, 7) is 0.155. The normalized spacial score (nSPS) is 19.8. The van der Waals surface area contributed by atoms with Crippen LogP contribution in [-0.2, 0) is 39.4 Å². The first kappa shape index (κ1) is 24.2. The first-order valence-corrected chi connectivity index (χ1v) is 11.4. The lowest BCUT2D eigenvalue weighted by atomic mass is 10.0. The molecule has 2 aromatic heterocycles. The highest BCUT2D eigenvalue weighted by Crippen LogP contribution is 2.40. The summed E-state index contributed by atoms with van der Waals surface area (Å²) in [5.74, 6) is -2.24. The number of hydrogen-bond acceptors (Lipinski definition) is 10. The SMILES string of the molecule is CO/N=C(\C(=O)N[C@@H]1C(=O)N2C(C(=O)O)=C(C[n+]3ccc(CO)cc3)CS[C@H]12)c1nc(N)n(C)n1. The van der Waals surface area contributed by atoms with E-state index in [1.807, 2.05) is 0 Å². The summed E-state index contributed by atoms with van der Waals surface area (Å²) in [6, 6.07) is 2.48. The maximum Gasteiger partial charge on any atom is 0.352 e. The number of aliphatic hydroxyl groups is 1. The zero-order valence-electron chi connectivity index (χ0n) is 18.8. The number of aryl methyl sites for hydroxylation is 1. The van der Waals surface area contributed by atoms with Crippen molar-refractivity contribution >= 4 is 41.2 Å². The number of carboxylic acid groups (broad SMARTS) is 1. The van der Waals surface area contributed by atoms with E-state index in [9.17, 15) is 24.6 Å². The number of β-lactam (4-membered cyclic amide) rings is 1. The Morgan fingerprint density at radius 3 is 2.69 bits per heavy atom. The minimum atomic E-state index is -1.23. The third-order valence-corrected chi connectivity index (χ3v) is 6.80. The number of nitrogens with zero attached hydrogens (tertiary/aromatic N) is 6. The zero-order chi connectivity index (χ0) is 25.3. The van der Waals surface area contributed by atoms with Gasteiger partial charge in [-0.05, 0) is 5.56 Å². The van der Waals surface area contributed by atoms with Crippen molar-refractivity contribution in [2.75, 3.05) is 18.6 Å². The maximum atomic E-state index is 12.9. The molecule has 0 spiro atoms. The number of nitrogens with two attached hydrogens (primary N) is 1. The molecule has 0 saturated carbocycles. The average molecular weight is 504 g/mol. The molecule has 15 heteroatoms. The highest BCUT2D eigenvalue weighted by molar-refractivity contribution is 8.00. The van der Waals surface area contributed by atoms with Gasteiger partial charge in [0.2, 0.25) is 17.5 Å². The van der Waals surface area contributed by atoms with Gasteiger partial charge in [0.25, 0.3) is 11.8 Å². The van der Waals surface area contributed by atoms with Crippen molar-refractivity contribution in [1.29, 1.82) is 0 Å². The Hall–Kier alpha value is -3.98. The van der Waals surface area contributed by atoms with Crippen molar-refractivity contribution in [3.05, 3.63) is 47.2 Å². The molecule has 0 aromatic carbocycles. The number of nitrogens with one attached hydrogen (secondary N) is 1. The van der Waals surface area contributed by atoms with Crippen molar-refractivity contribution in [1.82, 2.24) is 25.0 Å². The van der Waals surface area contributed by atoms with Crippen molar-refractivity contribution in [2.45, 2.75) is 24.6 Å². The fraction of sp³-hybridized carbons (Fsp3) is 0.350. The van der Waals surface area contributed by atoms with Crippen LogP contribution in [0.2, 0.25) is 0 Å². The molecule has 4 rings (SSSR count). The first-order chi connectivity index (χ1) is 16.7. The van der Waals surface area contributed by atoms with Gasteiger partial charge in [0.15, 0.2) is 18.9 Å². The average Bonchev–Trinajstić information content (AvgIpc) is 3.18. The lowest BCUT2D eigenvalue weighted by Crippen LogP contribution is -2.71. The number of rotatable bonds is 8. The fourth-order valence-electron chi connectivity index (χ4n) is 3.71. The van der Waals surface area contributed by atoms with Gasteiger partial charge in [-0.15, -0.1) is 16.9 Å². The predicted octanol–water partition coefficient (Wildman–Crippen LogP) is -2.03. The number of aliphatic hydroxyl groups excluding tert-OH is 1. The molecule has 0 bridgehead atoms. The molecule has 0 radical (unpaired) electrons. The van der Waals surface area contributed by atoms with Crippen LogP contribution in [0.3, 0.4) is 0 Å². The molecule has 35 heavy (non-hydrogen) atoms. The number of carboxylic acids is 1. The molecule has 2 amide bonds. The van der Waals surface area contributed by atoms with Crippen LogP contribution in [0.1, 0.15) is 11.4 Å². The summed E-state index contributed by atoms with van der Waals surface area (Å²) in [4.78, 5) is 47.7. The Bertz CT molecular complexity index is 1220. The Morgan fingerprint density at radius 1 is 1.40 bits per heavy atom. The first-order valence-electron chi connectivity index (χ1n) is 10.3. The number of oxime groups is 1. The third-order valence-electron chi connectivity index (χ3n) is 5.46. The summed E-state index contributed by atoms with van der Waals surface area (Å²) in [5.41, 5.74) is 6.57. The van der Waals surface area contributed by atoms with Gasteiger partial charge in [0, 0.05) is 30.5 Å². The van der Waals surface area contributed by atoms with Gasteiger partial charge < -0.3 is 26.1 Å². The van der Waals surface area contributed by atoms with Crippen LogP contribution >= 0.6 is 11.8 Å². The smallest absolute Gasteiger partial charge is 0.352 e. The Labute approximate surface area is 203 Å². The molecule has 2 atom stereocenters. The number of carbonyl (C=O) groups is 3. The van der Waals surface area contributed by atoms with Gasteiger partial charge >= 0.3 is 5.97 Å². The van der Waals surface area contributed by atoms with Crippen LogP contribution in [0.15, 0.2) is 41.0 Å². The summed E-state index contributed by atoms with van der Waals surface area (Å²) < 4.78 is 3.02. The van der Waals surface area contributed by atoms with Gasteiger partial charge in [-0.3, -0.25) is 14.5 Å². The number of thioether (sulfide) groups is 1. The summed E-state index contributed by atoms with van der Waals surface area (Å²) in [7, 11) is 2.78. The molecule has 1 saturated heterocycles. The number of aliphatic carboxylic acids is 1. The third kappa shape index (κ3) is 4.54. The van der Waals surface area contributed by atoms with Crippen molar-refractivity contribution in [2.24, 2.45) is 12.2 Å². The topological polar surface area (TPSA) is 189 Å². The summed E-state index contributed by atoms with van der Waals surface area (Å²) in [6.07, 6.45) is 3.45. The van der Waals surface area contributed by atoms with E-state index in [0.717, 1.165) is 5.56 Å². The standard InChI is InChI=1S/C20H22N8O6S/c1-26-20(21)23-15(24-26)12(25-34-2)16(30)22-13-17(31)28-14(19(32)33)11(9-35-18(13)28)7-27-5-3-10(8-29)4-6-27/h3-6,13,18,29H,7-9H2,1-2H3,(H3-,21,22,23,24,30,32,33)/p+1/b25-12-/t13-,18-/m1/s1. The molecule has 14 nitrogen and oxygen atoms in total. The molecule has 4 heterocycles. The molecule has 2 aliphatic rings. The lowest BCUT2D eigenvalue weighted by Gasteiger charge is -2.49. The van der Waals surface area contributed by atoms with E-state index in [2.05, 4.69) is 20.6 Å². The molecular formula is C20H23N8O6S+. The highest BCUT2D eigenvalue weighted by atomic mass is 32.2. The molecule has 5 N–H and O–H groups in total. The van der Waals surface area contributed by atoms with E-state index in [1.165, 1.54) is 35.5 Å². The monoisotopic (exact) mass is 503 g/mol. The van der Waals surface area contributed by atoms with E-state index in [4.69, 9.17) is 10.6 Å². The van der Waals surface area contributed by atoms with Crippen LogP contribution in [0.5, 0.6) is 0 Å². The van der Waals surface area contributed by atoms with E-state index in [1.54, 1.807) is 29.1 Å². The second kappa shape index (κ2) is 9.71. The second-order valence-electron chi connectivity index (χ2n) is 7.69. The number of amides is 2. The number of nitrogen functional groups attached to an aromatic ring is 1. The maximum absolute atomic E-state index is 12.9. The van der Waals surface area contributed by atoms with E-state index in [0.29, 0.717) is 11.3 Å². The van der Waals surface area contributed by atoms with Gasteiger partial charge in [-0.25, -0.2) is 14.0 Å². The number of aromatic nitrogens is 4. The van der Waals surface area contributed by atoms with Gasteiger partial charge in [0.05, 0.1) is 6.61 Å². The molecule has 2 aliphatic heterocycles. The zero-order valence-corrected chi connectivity index (χ0v) is 19.6. The van der Waals surface area contributed by atoms with Crippen LogP contribution in [-0.4, -0.2) is 77.7 Å².